The topological polar surface area (TPSA) is 29.1 Å². The molecule has 1 fully saturated rings. The summed E-state index contributed by atoms with van der Waals surface area (Å²) in [5.41, 5.74) is 0.298. The highest BCUT2D eigenvalue weighted by molar-refractivity contribution is 6.17. The Bertz CT molecular complexity index is 299. The summed E-state index contributed by atoms with van der Waals surface area (Å²) in [6.07, 6.45) is 6.74. The van der Waals surface area contributed by atoms with E-state index >= 15 is 0 Å². The maximum atomic E-state index is 12.4. The SMILES string of the molecule is CC(C)(CCCCl)CNC(=O)C1CCCCC1(C)C. The van der Waals surface area contributed by atoms with E-state index in [9.17, 15) is 4.79 Å². The predicted molar refractivity (Wildman–Crippen MR) is 82.5 cm³/mol. The zero-order chi connectivity index (χ0) is 14.5. The molecule has 2 nitrogen and oxygen atoms in total. The van der Waals surface area contributed by atoms with Crippen LogP contribution in [0.15, 0.2) is 0 Å². The summed E-state index contributed by atoms with van der Waals surface area (Å²) in [5.74, 6) is 1.14. The molecule has 0 saturated heterocycles. The lowest BCUT2D eigenvalue weighted by molar-refractivity contribution is -0.130. The fourth-order valence-electron chi connectivity index (χ4n) is 3.06. The van der Waals surface area contributed by atoms with E-state index in [4.69, 9.17) is 11.6 Å². The van der Waals surface area contributed by atoms with Gasteiger partial charge in [0.1, 0.15) is 0 Å². The summed E-state index contributed by atoms with van der Waals surface area (Å²) < 4.78 is 0. The standard InChI is InChI=1S/C16H30ClNO/c1-15(2,9-7-11-17)12-18-14(19)13-8-5-6-10-16(13,3)4/h13H,5-12H2,1-4H3,(H,18,19). The molecule has 1 unspecified atom stereocenters. The lowest BCUT2D eigenvalue weighted by Crippen LogP contribution is -2.44. The van der Waals surface area contributed by atoms with E-state index in [0.717, 1.165) is 25.8 Å². The van der Waals surface area contributed by atoms with Gasteiger partial charge >= 0.3 is 0 Å². The van der Waals surface area contributed by atoms with Crippen molar-refractivity contribution in [1.82, 2.24) is 5.32 Å². The molecular weight excluding hydrogens is 258 g/mol. The Labute approximate surface area is 123 Å². The molecule has 0 spiro atoms. The van der Waals surface area contributed by atoms with E-state index in [1.165, 1.54) is 19.3 Å². The first-order valence-electron chi connectivity index (χ1n) is 7.62. The summed E-state index contributed by atoms with van der Waals surface area (Å²) in [7, 11) is 0. The van der Waals surface area contributed by atoms with Gasteiger partial charge in [-0.05, 0) is 36.5 Å². The number of nitrogens with one attached hydrogen (secondary N) is 1. The molecule has 112 valence electrons. The van der Waals surface area contributed by atoms with Crippen LogP contribution < -0.4 is 5.32 Å². The second kappa shape index (κ2) is 6.97. The quantitative estimate of drug-likeness (QED) is 0.723. The first kappa shape index (κ1) is 16.8. The number of alkyl halides is 1. The zero-order valence-electron chi connectivity index (χ0n) is 13.0. The number of amides is 1. The third kappa shape index (κ3) is 5.33. The molecule has 19 heavy (non-hydrogen) atoms. The van der Waals surface area contributed by atoms with Crippen molar-refractivity contribution in [2.75, 3.05) is 12.4 Å². The van der Waals surface area contributed by atoms with Gasteiger partial charge in [-0.1, -0.05) is 40.5 Å². The molecule has 1 rings (SSSR count). The number of carbonyl (C=O) groups is 1. The number of carbonyl (C=O) groups excluding carboxylic acids is 1. The van der Waals surface area contributed by atoms with Crippen molar-refractivity contribution >= 4 is 17.5 Å². The molecule has 1 atom stereocenters. The smallest absolute Gasteiger partial charge is 0.223 e. The zero-order valence-corrected chi connectivity index (χ0v) is 13.8. The van der Waals surface area contributed by atoms with Crippen LogP contribution in [0, 0.1) is 16.7 Å². The molecule has 1 amide bonds. The van der Waals surface area contributed by atoms with Crippen LogP contribution in [0.4, 0.5) is 0 Å². The molecule has 1 aliphatic rings. The molecule has 0 bridgehead atoms. The Hall–Kier alpha value is -0.240. The van der Waals surface area contributed by atoms with Crippen molar-refractivity contribution in [3.63, 3.8) is 0 Å². The summed E-state index contributed by atoms with van der Waals surface area (Å²) in [5, 5.41) is 3.18. The number of hydrogen-bond acceptors (Lipinski definition) is 1. The van der Waals surface area contributed by atoms with Crippen LogP contribution in [0.2, 0.25) is 0 Å². The van der Waals surface area contributed by atoms with Gasteiger partial charge in [0.2, 0.25) is 5.91 Å². The molecule has 0 aromatic carbocycles. The van der Waals surface area contributed by atoms with Crippen LogP contribution in [0.5, 0.6) is 0 Å². The third-order valence-corrected chi connectivity index (χ3v) is 4.82. The minimum Gasteiger partial charge on any atom is -0.355 e. The van der Waals surface area contributed by atoms with Gasteiger partial charge in [0.25, 0.3) is 0 Å². The molecular formula is C16H30ClNO. The highest BCUT2D eigenvalue weighted by Gasteiger charge is 2.37. The van der Waals surface area contributed by atoms with Crippen molar-refractivity contribution in [2.24, 2.45) is 16.7 Å². The summed E-state index contributed by atoms with van der Waals surface area (Å²) in [4.78, 5) is 12.4. The van der Waals surface area contributed by atoms with Gasteiger partial charge in [0.05, 0.1) is 0 Å². The Morgan fingerprint density at radius 2 is 2.05 bits per heavy atom. The van der Waals surface area contributed by atoms with Crippen molar-refractivity contribution in [2.45, 2.75) is 66.2 Å². The molecule has 0 heterocycles. The van der Waals surface area contributed by atoms with Gasteiger partial charge < -0.3 is 5.32 Å². The van der Waals surface area contributed by atoms with Crippen LogP contribution in [-0.2, 0) is 4.79 Å². The van der Waals surface area contributed by atoms with Crippen LogP contribution in [0.3, 0.4) is 0 Å². The fourth-order valence-corrected chi connectivity index (χ4v) is 3.20. The van der Waals surface area contributed by atoms with Crippen LogP contribution >= 0.6 is 11.6 Å². The maximum absolute atomic E-state index is 12.4. The Morgan fingerprint density at radius 1 is 1.37 bits per heavy atom. The van der Waals surface area contributed by atoms with E-state index in [0.29, 0.717) is 5.88 Å². The second-order valence-electron chi connectivity index (χ2n) is 7.46. The average molecular weight is 288 g/mol. The van der Waals surface area contributed by atoms with E-state index < -0.39 is 0 Å². The second-order valence-corrected chi connectivity index (χ2v) is 7.84. The third-order valence-electron chi connectivity index (χ3n) is 4.55. The Balaban J connectivity index is 2.46. The Kier molecular flexibility index (Phi) is 6.16. The fraction of sp³-hybridized carbons (Fsp3) is 0.938. The monoisotopic (exact) mass is 287 g/mol. The normalized spacial score (nSPS) is 23.1. The molecule has 0 aromatic heterocycles. The highest BCUT2D eigenvalue weighted by atomic mass is 35.5. The van der Waals surface area contributed by atoms with Gasteiger partial charge in [0.15, 0.2) is 0 Å². The van der Waals surface area contributed by atoms with Gasteiger partial charge in [-0.2, -0.15) is 0 Å². The summed E-state index contributed by atoms with van der Waals surface area (Å²) >= 11 is 5.74. The molecule has 0 aromatic rings. The first-order chi connectivity index (χ1) is 8.78. The highest BCUT2D eigenvalue weighted by Crippen LogP contribution is 2.40. The number of rotatable bonds is 6. The maximum Gasteiger partial charge on any atom is 0.223 e. The van der Waals surface area contributed by atoms with Gasteiger partial charge in [-0.15, -0.1) is 11.6 Å². The summed E-state index contributed by atoms with van der Waals surface area (Å²) in [6.45, 7) is 9.62. The first-order valence-corrected chi connectivity index (χ1v) is 8.16. The van der Waals surface area contributed by atoms with E-state index in [-0.39, 0.29) is 22.7 Å². The van der Waals surface area contributed by atoms with Crippen LogP contribution in [0.25, 0.3) is 0 Å². The minimum absolute atomic E-state index is 0.142. The van der Waals surface area contributed by atoms with Crippen LogP contribution in [0.1, 0.15) is 66.2 Å². The van der Waals surface area contributed by atoms with Crippen LogP contribution in [-0.4, -0.2) is 18.3 Å². The van der Waals surface area contributed by atoms with Crippen molar-refractivity contribution in [1.29, 1.82) is 0 Å². The lowest BCUT2D eigenvalue weighted by atomic mass is 9.68. The largest absolute Gasteiger partial charge is 0.355 e. The van der Waals surface area contributed by atoms with E-state index in [1.807, 2.05) is 0 Å². The van der Waals surface area contributed by atoms with E-state index in [1.54, 1.807) is 0 Å². The summed E-state index contributed by atoms with van der Waals surface area (Å²) in [6, 6.07) is 0. The molecule has 1 saturated carbocycles. The van der Waals surface area contributed by atoms with Crippen molar-refractivity contribution < 1.29 is 4.79 Å². The average Bonchev–Trinajstić information content (AvgIpc) is 2.33. The van der Waals surface area contributed by atoms with Gasteiger partial charge in [-0.25, -0.2) is 0 Å². The number of halogens is 1. The predicted octanol–water partition coefficient (Wildman–Crippen LogP) is 4.36. The van der Waals surface area contributed by atoms with Gasteiger partial charge in [0, 0.05) is 18.3 Å². The molecule has 0 aliphatic heterocycles. The molecule has 1 aliphatic carbocycles. The molecule has 1 N–H and O–H groups in total. The molecule has 0 radical (unpaired) electrons. The molecule has 3 heteroatoms. The van der Waals surface area contributed by atoms with Gasteiger partial charge in [-0.3, -0.25) is 4.79 Å². The van der Waals surface area contributed by atoms with E-state index in [2.05, 4.69) is 33.0 Å². The Morgan fingerprint density at radius 3 is 2.63 bits per heavy atom. The van der Waals surface area contributed by atoms with Crippen molar-refractivity contribution in [3.8, 4) is 0 Å². The number of hydrogen-bond donors (Lipinski definition) is 1. The minimum atomic E-state index is 0.142. The van der Waals surface area contributed by atoms with Crippen molar-refractivity contribution in [3.05, 3.63) is 0 Å². The lowest BCUT2D eigenvalue weighted by Gasteiger charge is -2.38.